The summed E-state index contributed by atoms with van der Waals surface area (Å²) in [5.41, 5.74) is 7.35. The number of likely N-dealkylation sites (N-methyl/N-ethyl adjacent to an activating group) is 1. The van der Waals surface area contributed by atoms with Gasteiger partial charge in [0, 0.05) is 59.9 Å². The number of carbonyl (C=O) groups excluding carboxylic acids is 2. The number of aryl methyl sites for hydroxylation is 1. The fourth-order valence-corrected chi connectivity index (χ4v) is 5.96. The molecule has 3 amide bonds. The van der Waals surface area contributed by atoms with Crippen molar-refractivity contribution in [1.29, 1.82) is 0 Å². The highest BCUT2D eigenvalue weighted by molar-refractivity contribution is 6.13. The maximum Gasteiger partial charge on any atom is 0.331 e. The largest absolute Gasteiger partial charge is 0.379 e. The summed E-state index contributed by atoms with van der Waals surface area (Å²) in [6.45, 7) is 2.54. The van der Waals surface area contributed by atoms with Gasteiger partial charge in [-0.25, -0.2) is 19.7 Å². The standard InChI is InChI=1S/C32H30N8O2/c1-18-9-10-33-30(35-18)25-13-24(25)26-8-6-20-5-7-22(12-27(20)37-26)34-14-23-16-39-15-21(19-3-4-19)11-28(31(39)36-23)40-17-29(41)38(2)32(40)42/h5-12,15-16,19,24-25,34H,3-4,13-14,17H2,1-2H3/t24-,25-/m1/s1. The third-order valence-corrected chi connectivity index (χ3v) is 8.63. The number of nitrogens with one attached hydrogen (secondary N) is 1. The summed E-state index contributed by atoms with van der Waals surface area (Å²) in [7, 11) is 1.52. The number of amides is 3. The lowest BCUT2D eigenvalue weighted by molar-refractivity contribution is -0.123. The van der Waals surface area contributed by atoms with Crippen molar-refractivity contribution in [2.75, 3.05) is 23.8 Å². The number of imide groups is 1. The average Bonchev–Trinajstić information content (AvgIpc) is 3.92. The molecule has 0 unspecified atom stereocenters. The van der Waals surface area contributed by atoms with Crippen LogP contribution in [-0.4, -0.2) is 54.8 Å². The van der Waals surface area contributed by atoms with Crippen molar-refractivity contribution in [2.24, 2.45) is 0 Å². The zero-order valence-corrected chi connectivity index (χ0v) is 23.5. The summed E-state index contributed by atoms with van der Waals surface area (Å²) in [5.74, 6) is 1.86. The Kier molecular flexibility index (Phi) is 5.53. The van der Waals surface area contributed by atoms with Crippen LogP contribution in [0.3, 0.4) is 0 Å². The van der Waals surface area contributed by atoms with Gasteiger partial charge in [0.15, 0.2) is 5.65 Å². The van der Waals surface area contributed by atoms with Crippen molar-refractivity contribution in [3.8, 4) is 0 Å². The number of pyridine rings is 2. The highest BCUT2D eigenvalue weighted by Crippen LogP contribution is 2.53. The molecule has 2 aliphatic carbocycles. The fourth-order valence-electron chi connectivity index (χ4n) is 5.96. The van der Waals surface area contributed by atoms with Gasteiger partial charge in [0.1, 0.15) is 12.4 Å². The van der Waals surface area contributed by atoms with Crippen LogP contribution in [0.5, 0.6) is 0 Å². The Bertz CT molecular complexity index is 1910. The highest BCUT2D eigenvalue weighted by Gasteiger charge is 2.43. The third kappa shape index (κ3) is 4.34. The van der Waals surface area contributed by atoms with Crippen LogP contribution in [0.2, 0.25) is 0 Å². The van der Waals surface area contributed by atoms with Crippen LogP contribution in [0.25, 0.3) is 16.6 Å². The summed E-state index contributed by atoms with van der Waals surface area (Å²) in [6.07, 6.45) is 9.24. The van der Waals surface area contributed by atoms with Crippen LogP contribution >= 0.6 is 0 Å². The Morgan fingerprint density at radius 3 is 2.62 bits per heavy atom. The SMILES string of the molecule is Cc1ccnc([C@@H]2C[C@H]2c2ccc3ccc(NCc4cn5cc(C6CC6)cc(N6CC(=O)N(C)C6=O)c5n4)cc3n2)n1. The van der Waals surface area contributed by atoms with Gasteiger partial charge in [-0.1, -0.05) is 12.1 Å². The number of urea groups is 1. The summed E-state index contributed by atoms with van der Waals surface area (Å²) in [5, 5.41) is 4.59. The van der Waals surface area contributed by atoms with E-state index in [0.717, 1.165) is 58.8 Å². The van der Waals surface area contributed by atoms with Crippen molar-refractivity contribution in [1.82, 2.24) is 29.2 Å². The van der Waals surface area contributed by atoms with E-state index in [1.165, 1.54) is 22.4 Å². The number of nitrogens with zero attached hydrogens (tertiary/aromatic N) is 7. The van der Waals surface area contributed by atoms with Crippen molar-refractivity contribution < 1.29 is 9.59 Å². The molecule has 0 radical (unpaired) electrons. The number of benzene rings is 1. The minimum Gasteiger partial charge on any atom is -0.379 e. The Balaban J connectivity index is 1.04. The number of hydrogen-bond acceptors (Lipinski definition) is 7. The molecule has 0 spiro atoms. The van der Waals surface area contributed by atoms with Gasteiger partial charge in [0.2, 0.25) is 5.91 Å². The lowest BCUT2D eigenvalue weighted by Crippen LogP contribution is -2.30. The van der Waals surface area contributed by atoms with Gasteiger partial charge in [-0.3, -0.25) is 19.6 Å². The van der Waals surface area contributed by atoms with Gasteiger partial charge in [-0.15, -0.1) is 0 Å². The zero-order valence-electron chi connectivity index (χ0n) is 23.5. The van der Waals surface area contributed by atoms with E-state index in [2.05, 4.69) is 51.8 Å². The van der Waals surface area contributed by atoms with Crippen molar-refractivity contribution >= 4 is 39.9 Å². The smallest absolute Gasteiger partial charge is 0.331 e. The number of carbonyl (C=O) groups is 2. The fraction of sp³-hybridized carbons (Fsp3) is 0.312. The van der Waals surface area contributed by atoms with Gasteiger partial charge < -0.3 is 9.72 Å². The molecule has 5 aromatic rings. The van der Waals surface area contributed by atoms with E-state index in [1.54, 1.807) is 0 Å². The lowest BCUT2D eigenvalue weighted by Gasteiger charge is -2.17. The molecular formula is C32H30N8O2. The van der Waals surface area contributed by atoms with Crippen molar-refractivity contribution in [2.45, 2.75) is 50.5 Å². The third-order valence-electron chi connectivity index (χ3n) is 8.63. The van der Waals surface area contributed by atoms with Gasteiger partial charge in [0.25, 0.3) is 0 Å². The molecule has 2 saturated carbocycles. The Labute approximate surface area is 242 Å². The summed E-state index contributed by atoms with van der Waals surface area (Å²) < 4.78 is 1.99. The quantitative estimate of drug-likeness (QED) is 0.276. The van der Waals surface area contributed by atoms with Crippen LogP contribution < -0.4 is 10.2 Å². The van der Waals surface area contributed by atoms with Crippen LogP contribution in [0.4, 0.5) is 16.2 Å². The first kappa shape index (κ1) is 24.9. The van der Waals surface area contributed by atoms with Gasteiger partial charge >= 0.3 is 6.03 Å². The number of imidazole rings is 1. The predicted octanol–water partition coefficient (Wildman–Crippen LogP) is 5.14. The molecule has 10 heteroatoms. The van der Waals surface area contributed by atoms with Crippen molar-refractivity contribution in [3.63, 3.8) is 0 Å². The Morgan fingerprint density at radius 2 is 1.83 bits per heavy atom. The second kappa shape index (κ2) is 9.34. The molecule has 1 aliphatic heterocycles. The predicted molar refractivity (Wildman–Crippen MR) is 159 cm³/mol. The molecule has 0 bridgehead atoms. The van der Waals surface area contributed by atoms with E-state index in [1.807, 2.05) is 35.9 Å². The summed E-state index contributed by atoms with van der Waals surface area (Å²) in [4.78, 5) is 46.8. The molecule has 8 rings (SSSR count). The van der Waals surface area contributed by atoms with E-state index in [4.69, 9.17) is 9.97 Å². The monoisotopic (exact) mass is 558 g/mol. The minimum absolute atomic E-state index is 0.0330. The first-order valence-corrected chi connectivity index (χ1v) is 14.4. The van der Waals surface area contributed by atoms with Crippen molar-refractivity contribution in [3.05, 3.63) is 89.5 Å². The zero-order chi connectivity index (χ0) is 28.5. The summed E-state index contributed by atoms with van der Waals surface area (Å²) >= 11 is 0. The molecular weight excluding hydrogens is 528 g/mol. The van der Waals surface area contributed by atoms with Crippen LogP contribution in [0.1, 0.15) is 65.5 Å². The number of anilines is 2. The van der Waals surface area contributed by atoms with Crippen LogP contribution in [-0.2, 0) is 11.3 Å². The van der Waals surface area contributed by atoms with Gasteiger partial charge in [0.05, 0.1) is 23.4 Å². The molecule has 4 aromatic heterocycles. The topological polar surface area (TPSA) is 109 Å². The second-order valence-electron chi connectivity index (χ2n) is 11.7. The second-order valence-corrected chi connectivity index (χ2v) is 11.7. The van der Waals surface area contributed by atoms with E-state index >= 15 is 0 Å². The number of rotatable bonds is 7. The number of aromatic nitrogens is 5. The minimum atomic E-state index is -0.315. The molecule has 3 aliphatic rings. The average molecular weight is 559 g/mol. The summed E-state index contributed by atoms with van der Waals surface area (Å²) in [6, 6.07) is 14.1. The highest BCUT2D eigenvalue weighted by atomic mass is 16.2. The Morgan fingerprint density at radius 1 is 0.976 bits per heavy atom. The van der Waals surface area contributed by atoms with E-state index in [-0.39, 0.29) is 18.5 Å². The normalized spacial score (nSPS) is 20.2. The molecule has 3 fully saturated rings. The van der Waals surface area contributed by atoms with Gasteiger partial charge in [-0.2, -0.15) is 0 Å². The Hall–Kier alpha value is -4.86. The van der Waals surface area contributed by atoms with E-state index in [9.17, 15) is 9.59 Å². The maximum absolute atomic E-state index is 12.8. The molecule has 10 nitrogen and oxygen atoms in total. The van der Waals surface area contributed by atoms with E-state index < -0.39 is 0 Å². The lowest BCUT2D eigenvalue weighted by atomic mass is 10.1. The molecule has 5 heterocycles. The first-order chi connectivity index (χ1) is 20.4. The molecule has 1 aromatic carbocycles. The van der Waals surface area contributed by atoms with Crippen LogP contribution in [0.15, 0.2) is 61.1 Å². The van der Waals surface area contributed by atoms with Gasteiger partial charge in [-0.05, 0) is 68.0 Å². The molecule has 42 heavy (non-hydrogen) atoms. The molecule has 1 saturated heterocycles. The molecule has 1 N–H and O–H groups in total. The number of hydrogen-bond donors (Lipinski definition) is 1. The van der Waals surface area contributed by atoms with E-state index in [0.29, 0.717) is 35.6 Å². The number of fused-ring (bicyclic) bond motifs is 2. The first-order valence-electron chi connectivity index (χ1n) is 14.4. The molecule has 210 valence electrons. The maximum atomic E-state index is 12.8. The van der Waals surface area contributed by atoms with Crippen LogP contribution in [0, 0.1) is 6.92 Å². The molecule has 2 atom stereocenters.